The van der Waals surface area contributed by atoms with E-state index in [1.54, 1.807) is 6.26 Å². The molecule has 1 rings (SSSR count). The van der Waals surface area contributed by atoms with Crippen LogP contribution in [0, 0.1) is 0 Å². The van der Waals surface area contributed by atoms with Crippen molar-refractivity contribution in [2.45, 2.75) is 45.4 Å². The zero-order valence-corrected chi connectivity index (χ0v) is 10.0. The van der Waals surface area contributed by atoms with Gasteiger partial charge in [-0.3, -0.25) is 0 Å². The minimum atomic E-state index is 0.113. The molecule has 1 aromatic heterocycles. The van der Waals surface area contributed by atoms with Crippen LogP contribution >= 0.6 is 15.9 Å². The van der Waals surface area contributed by atoms with Crippen LogP contribution in [-0.4, -0.2) is 5.16 Å². The monoisotopic (exact) mass is 245 g/mol. The van der Waals surface area contributed by atoms with Gasteiger partial charge in [0.25, 0.3) is 0 Å². The third kappa shape index (κ3) is 2.56. The molecule has 0 bridgehead atoms. The van der Waals surface area contributed by atoms with E-state index in [0.717, 1.165) is 16.6 Å². The molecule has 0 radical (unpaired) electrons. The molecule has 1 heterocycles. The summed E-state index contributed by atoms with van der Waals surface area (Å²) in [6.07, 6.45) is 5.24. The normalized spacial score (nSPS) is 12.0. The Balaban J connectivity index is 2.74. The van der Waals surface area contributed by atoms with E-state index in [9.17, 15) is 0 Å². The van der Waals surface area contributed by atoms with E-state index in [0.29, 0.717) is 0 Å². The highest BCUT2D eigenvalue weighted by atomic mass is 79.9. The van der Waals surface area contributed by atoms with Crippen molar-refractivity contribution in [3.63, 3.8) is 0 Å². The average Bonchev–Trinajstić information content (AvgIpc) is 2.48. The van der Waals surface area contributed by atoms with Gasteiger partial charge in [-0.1, -0.05) is 38.8 Å². The summed E-state index contributed by atoms with van der Waals surface area (Å²) in [6.45, 7) is 6.60. The first kappa shape index (κ1) is 10.8. The van der Waals surface area contributed by atoms with E-state index in [4.69, 9.17) is 4.52 Å². The van der Waals surface area contributed by atoms with E-state index in [1.165, 1.54) is 12.8 Å². The molecule has 0 aliphatic rings. The first-order valence-corrected chi connectivity index (χ1v) is 5.47. The largest absolute Gasteiger partial charge is 0.363 e. The van der Waals surface area contributed by atoms with Crippen LogP contribution in [0.5, 0.6) is 0 Å². The molecule has 0 atom stereocenters. The Morgan fingerprint density at radius 2 is 2.23 bits per heavy atom. The predicted octanol–water partition coefficient (Wildman–Crippen LogP) is 3.90. The van der Waals surface area contributed by atoms with Crippen molar-refractivity contribution >= 4 is 15.9 Å². The molecule has 0 spiro atoms. The summed E-state index contributed by atoms with van der Waals surface area (Å²) in [4.78, 5) is 0. The lowest BCUT2D eigenvalue weighted by Gasteiger charge is -2.21. The van der Waals surface area contributed by atoms with Crippen molar-refractivity contribution in [1.29, 1.82) is 0 Å². The molecule has 13 heavy (non-hydrogen) atoms. The number of hydrogen-bond acceptors (Lipinski definition) is 2. The number of aromatic nitrogens is 1. The Hall–Kier alpha value is -0.310. The predicted molar refractivity (Wildman–Crippen MR) is 56.8 cm³/mol. The van der Waals surface area contributed by atoms with Crippen LogP contribution < -0.4 is 0 Å². The number of nitrogens with zero attached hydrogens (tertiary/aromatic N) is 1. The summed E-state index contributed by atoms with van der Waals surface area (Å²) in [5.41, 5.74) is 1.14. The Morgan fingerprint density at radius 1 is 1.54 bits per heavy atom. The van der Waals surface area contributed by atoms with Crippen LogP contribution in [0.25, 0.3) is 0 Å². The lowest BCUT2D eigenvalue weighted by Crippen LogP contribution is -2.17. The third-order valence-electron chi connectivity index (χ3n) is 2.32. The highest BCUT2D eigenvalue weighted by Crippen LogP contribution is 2.32. The molecule has 2 nitrogen and oxygen atoms in total. The third-order valence-corrected chi connectivity index (χ3v) is 2.89. The van der Waals surface area contributed by atoms with Gasteiger partial charge in [-0.2, -0.15) is 0 Å². The van der Waals surface area contributed by atoms with Crippen LogP contribution in [0.4, 0.5) is 0 Å². The molecular formula is C10H16BrNO. The smallest absolute Gasteiger partial charge is 0.138 e. The number of rotatable bonds is 4. The zero-order valence-electron chi connectivity index (χ0n) is 8.43. The second kappa shape index (κ2) is 4.27. The summed E-state index contributed by atoms with van der Waals surface area (Å²) in [7, 11) is 0. The minimum absolute atomic E-state index is 0.113. The van der Waals surface area contributed by atoms with E-state index in [2.05, 4.69) is 41.9 Å². The van der Waals surface area contributed by atoms with Gasteiger partial charge in [-0.15, -0.1) is 0 Å². The molecule has 0 aliphatic heterocycles. The van der Waals surface area contributed by atoms with E-state index >= 15 is 0 Å². The topological polar surface area (TPSA) is 26.0 Å². The number of halogens is 1. The fourth-order valence-corrected chi connectivity index (χ4v) is 2.10. The van der Waals surface area contributed by atoms with Gasteiger partial charge < -0.3 is 4.52 Å². The molecule has 0 N–H and O–H groups in total. The first-order chi connectivity index (χ1) is 6.08. The molecular weight excluding hydrogens is 230 g/mol. The maximum atomic E-state index is 4.91. The number of hydrogen-bond donors (Lipinski definition) is 0. The van der Waals surface area contributed by atoms with Crippen LogP contribution in [0.3, 0.4) is 0 Å². The van der Waals surface area contributed by atoms with Gasteiger partial charge in [0.2, 0.25) is 0 Å². The van der Waals surface area contributed by atoms with E-state index in [1.807, 2.05) is 0 Å². The van der Waals surface area contributed by atoms with Crippen LogP contribution in [0.15, 0.2) is 15.3 Å². The molecule has 0 saturated carbocycles. The summed E-state index contributed by atoms with van der Waals surface area (Å²) in [5.74, 6) is 0. The molecule has 0 aliphatic carbocycles. The summed E-state index contributed by atoms with van der Waals surface area (Å²) in [5, 5.41) is 4.02. The summed E-state index contributed by atoms with van der Waals surface area (Å²) >= 11 is 3.44. The Morgan fingerprint density at radius 3 is 2.69 bits per heavy atom. The minimum Gasteiger partial charge on any atom is -0.363 e. The fraction of sp³-hybridized carbons (Fsp3) is 0.700. The van der Waals surface area contributed by atoms with E-state index < -0.39 is 0 Å². The molecule has 0 aromatic carbocycles. The van der Waals surface area contributed by atoms with Gasteiger partial charge >= 0.3 is 0 Å². The summed E-state index contributed by atoms with van der Waals surface area (Å²) in [6, 6.07) is 0. The lowest BCUT2D eigenvalue weighted by molar-refractivity contribution is 0.371. The van der Waals surface area contributed by atoms with Crippen molar-refractivity contribution in [1.82, 2.24) is 5.16 Å². The van der Waals surface area contributed by atoms with Crippen LogP contribution in [0.1, 0.15) is 45.7 Å². The highest BCUT2D eigenvalue weighted by Gasteiger charge is 2.25. The SMILES string of the molecule is CCCCC(C)(C)c1nocc1Br. The van der Waals surface area contributed by atoms with Crippen molar-refractivity contribution < 1.29 is 4.52 Å². The van der Waals surface area contributed by atoms with Crippen molar-refractivity contribution in [2.24, 2.45) is 0 Å². The number of unbranched alkanes of at least 4 members (excludes halogenated alkanes) is 1. The summed E-state index contributed by atoms with van der Waals surface area (Å²) < 4.78 is 5.89. The second-order valence-electron chi connectivity index (χ2n) is 4.00. The van der Waals surface area contributed by atoms with Gasteiger partial charge in [0.15, 0.2) is 0 Å². The lowest BCUT2D eigenvalue weighted by atomic mass is 9.84. The standard InChI is InChI=1S/C10H16BrNO/c1-4-5-6-10(2,3)9-8(11)7-13-12-9/h7H,4-6H2,1-3H3. The maximum Gasteiger partial charge on any atom is 0.138 e. The maximum absolute atomic E-state index is 4.91. The van der Waals surface area contributed by atoms with Crippen LogP contribution in [0.2, 0.25) is 0 Å². The van der Waals surface area contributed by atoms with Gasteiger partial charge in [0.1, 0.15) is 12.0 Å². The average molecular weight is 246 g/mol. The van der Waals surface area contributed by atoms with Gasteiger partial charge in [-0.05, 0) is 22.4 Å². The van der Waals surface area contributed by atoms with Crippen molar-refractivity contribution in [3.05, 3.63) is 16.4 Å². The first-order valence-electron chi connectivity index (χ1n) is 4.68. The van der Waals surface area contributed by atoms with Gasteiger partial charge in [-0.25, -0.2) is 0 Å². The molecule has 74 valence electrons. The molecule has 3 heteroatoms. The Labute approximate surface area is 87.8 Å². The zero-order chi connectivity index (χ0) is 9.90. The van der Waals surface area contributed by atoms with Crippen molar-refractivity contribution in [3.8, 4) is 0 Å². The molecule has 0 unspecified atom stereocenters. The quantitative estimate of drug-likeness (QED) is 0.805. The van der Waals surface area contributed by atoms with Crippen LogP contribution in [-0.2, 0) is 5.41 Å². The molecule has 0 fully saturated rings. The van der Waals surface area contributed by atoms with Gasteiger partial charge in [0, 0.05) is 5.41 Å². The Kier molecular flexibility index (Phi) is 3.54. The van der Waals surface area contributed by atoms with Gasteiger partial charge in [0.05, 0.1) is 4.47 Å². The molecule has 0 saturated heterocycles. The molecule has 0 amide bonds. The Bertz CT molecular complexity index is 268. The highest BCUT2D eigenvalue weighted by molar-refractivity contribution is 9.10. The van der Waals surface area contributed by atoms with E-state index in [-0.39, 0.29) is 5.41 Å². The van der Waals surface area contributed by atoms with Crippen molar-refractivity contribution in [2.75, 3.05) is 0 Å². The second-order valence-corrected chi connectivity index (χ2v) is 4.85. The molecule has 1 aromatic rings. The fourth-order valence-electron chi connectivity index (χ4n) is 1.41.